The molecule has 2 unspecified atom stereocenters. The minimum absolute atomic E-state index is 0. The van der Waals surface area contributed by atoms with Gasteiger partial charge >= 0.3 is 0 Å². The Labute approximate surface area is 96.7 Å². The van der Waals surface area contributed by atoms with Crippen molar-refractivity contribution in [3.63, 3.8) is 0 Å². The van der Waals surface area contributed by atoms with Gasteiger partial charge in [-0.1, -0.05) is 12.1 Å². The Morgan fingerprint density at radius 3 is 2.67 bits per heavy atom. The fraction of sp³-hybridized carbons (Fsp3) is 0.455. The number of benzene rings is 1. The first-order valence-electron chi connectivity index (χ1n) is 4.70. The van der Waals surface area contributed by atoms with E-state index < -0.39 is 6.10 Å². The van der Waals surface area contributed by atoms with Gasteiger partial charge in [-0.2, -0.15) is 0 Å². The lowest BCUT2D eigenvalue weighted by Gasteiger charge is -2.14. The van der Waals surface area contributed by atoms with E-state index in [9.17, 15) is 5.11 Å². The molecule has 3 N–H and O–H groups in total. The van der Waals surface area contributed by atoms with E-state index in [2.05, 4.69) is 0 Å². The third-order valence-corrected chi connectivity index (χ3v) is 2.23. The molecule has 1 aromatic carbocycles. The predicted octanol–water partition coefficient (Wildman–Crippen LogP) is 1.37. The van der Waals surface area contributed by atoms with Crippen LogP contribution in [0.2, 0.25) is 0 Å². The first-order valence-corrected chi connectivity index (χ1v) is 4.70. The van der Waals surface area contributed by atoms with Crippen molar-refractivity contribution < 1.29 is 9.84 Å². The molecule has 15 heavy (non-hydrogen) atoms. The average molecular weight is 232 g/mol. The lowest BCUT2D eigenvalue weighted by atomic mass is 10.0. The lowest BCUT2D eigenvalue weighted by Crippen LogP contribution is -2.34. The quantitative estimate of drug-likeness (QED) is 0.823. The highest BCUT2D eigenvalue weighted by Gasteiger charge is 2.09. The summed E-state index contributed by atoms with van der Waals surface area (Å²) in [4.78, 5) is 0. The molecule has 0 saturated carbocycles. The van der Waals surface area contributed by atoms with E-state index in [-0.39, 0.29) is 18.4 Å². The molecule has 1 aromatic rings. The molecule has 0 aliphatic heterocycles. The van der Waals surface area contributed by atoms with Crippen LogP contribution in [0, 0.1) is 0 Å². The van der Waals surface area contributed by atoms with Gasteiger partial charge < -0.3 is 15.6 Å². The van der Waals surface area contributed by atoms with Gasteiger partial charge in [-0.25, -0.2) is 0 Å². The second-order valence-electron chi connectivity index (χ2n) is 3.46. The molecule has 1 rings (SSSR count). The molecule has 0 spiro atoms. The van der Waals surface area contributed by atoms with E-state index in [0.29, 0.717) is 6.42 Å². The van der Waals surface area contributed by atoms with Gasteiger partial charge in [0.15, 0.2) is 0 Å². The first kappa shape index (κ1) is 14.2. The van der Waals surface area contributed by atoms with Gasteiger partial charge in [-0.05, 0) is 31.0 Å². The minimum Gasteiger partial charge on any atom is -0.497 e. The van der Waals surface area contributed by atoms with Gasteiger partial charge in [0.05, 0.1) is 13.2 Å². The molecule has 86 valence electrons. The summed E-state index contributed by atoms with van der Waals surface area (Å²) >= 11 is 0. The monoisotopic (exact) mass is 231 g/mol. The summed E-state index contributed by atoms with van der Waals surface area (Å²) in [6.45, 7) is 1.70. The Morgan fingerprint density at radius 1 is 1.47 bits per heavy atom. The van der Waals surface area contributed by atoms with Gasteiger partial charge in [0.2, 0.25) is 0 Å². The van der Waals surface area contributed by atoms with Crippen molar-refractivity contribution in [2.45, 2.75) is 25.5 Å². The van der Waals surface area contributed by atoms with Crippen LogP contribution in [0.15, 0.2) is 24.3 Å². The van der Waals surface area contributed by atoms with Gasteiger partial charge in [0.25, 0.3) is 0 Å². The molecule has 3 nitrogen and oxygen atoms in total. The molecule has 0 aliphatic carbocycles. The van der Waals surface area contributed by atoms with E-state index in [1.54, 1.807) is 14.0 Å². The second kappa shape index (κ2) is 6.67. The first-order chi connectivity index (χ1) is 6.63. The summed E-state index contributed by atoms with van der Waals surface area (Å²) in [7, 11) is 1.63. The van der Waals surface area contributed by atoms with Crippen LogP contribution in [-0.4, -0.2) is 24.4 Å². The molecular weight excluding hydrogens is 214 g/mol. The molecule has 0 heterocycles. The van der Waals surface area contributed by atoms with Gasteiger partial charge in [-0.3, -0.25) is 0 Å². The molecular formula is C11H18ClNO2. The summed E-state index contributed by atoms with van der Waals surface area (Å²) in [5.41, 5.74) is 6.83. The van der Waals surface area contributed by atoms with Crippen LogP contribution in [-0.2, 0) is 6.42 Å². The van der Waals surface area contributed by atoms with E-state index >= 15 is 0 Å². The third kappa shape index (κ3) is 4.51. The van der Waals surface area contributed by atoms with Crippen LogP contribution in [0.4, 0.5) is 0 Å². The fourth-order valence-electron chi connectivity index (χ4n) is 1.24. The van der Waals surface area contributed by atoms with E-state index in [0.717, 1.165) is 11.3 Å². The maximum Gasteiger partial charge on any atom is 0.119 e. The number of aliphatic hydroxyl groups excluding tert-OH is 1. The third-order valence-electron chi connectivity index (χ3n) is 2.23. The van der Waals surface area contributed by atoms with Crippen molar-refractivity contribution >= 4 is 12.4 Å². The summed E-state index contributed by atoms with van der Waals surface area (Å²) in [5.74, 6) is 0.820. The topological polar surface area (TPSA) is 55.5 Å². The molecule has 0 radical (unpaired) electrons. The maximum absolute atomic E-state index is 9.25. The summed E-state index contributed by atoms with van der Waals surface area (Å²) < 4.78 is 5.09. The van der Waals surface area contributed by atoms with Crippen LogP contribution >= 0.6 is 12.4 Å². The van der Waals surface area contributed by atoms with Gasteiger partial charge in [0.1, 0.15) is 5.75 Å². The number of nitrogens with two attached hydrogens (primary N) is 1. The van der Waals surface area contributed by atoms with Crippen LogP contribution in [0.3, 0.4) is 0 Å². The van der Waals surface area contributed by atoms with Crippen molar-refractivity contribution in [2.75, 3.05) is 7.11 Å². The zero-order chi connectivity index (χ0) is 10.6. The smallest absolute Gasteiger partial charge is 0.119 e. The van der Waals surface area contributed by atoms with Crippen molar-refractivity contribution in [3.8, 4) is 5.75 Å². The van der Waals surface area contributed by atoms with E-state index in [1.165, 1.54) is 0 Å². The lowest BCUT2D eigenvalue weighted by molar-refractivity contribution is 0.163. The summed E-state index contributed by atoms with van der Waals surface area (Å²) in [6.07, 6.45) is 0.177. The Bertz CT molecular complexity index is 292. The van der Waals surface area contributed by atoms with Crippen LogP contribution < -0.4 is 10.5 Å². The van der Waals surface area contributed by atoms with Crippen molar-refractivity contribution in [2.24, 2.45) is 5.73 Å². The zero-order valence-corrected chi connectivity index (χ0v) is 9.83. The molecule has 0 fully saturated rings. The van der Waals surface area contributed by atoms with Crippen molar-refractivity contribution in [1.29, 1.82) is 0 Å². The highest BCUT2D eigenvalue weighted by molar-refractivity contribution is 5.85. The maximum atomic E-state index is 9.25. The van der Waals surface area contributed by atoms with Crippen molar-refractivity contribution in [3.05, 3.63) is 29.8 Å². The second-order valence-corrected chi connectivity index (χ2v) is 3.46. The molecule has 0 aromatic heterocycles. The normalized spacial score (nSPS) is 13.9. The number of ether oxygens (including phenoxy) is 1. The molecule has 0 aliphatic rings. The standard InChI is InChI=1S/C11H17NO2.ClH/c1-8(13)11(12)7-9-4-3-5-10(6-9)14-2;/h3-6,8,11,13H,7,12H2,1-2H3;1H. The number of methoxy groups -OCH3 is 1. The highest BCUT2D eigenvalue weighted by Crippen LogP contribution is 2.14. The number of hydrogen-bond acceptors (Lipinski definition) is 3. The zero-order valence-electron chi connectivity index (χ0n) is 9.01. The number of aliphatic hydroxyl groups is 1. The molecule has 4 heteroatoms. The Hall–Kier alpha value is -0.770. The Balaban J connectivity index is 0.00000196. The van der Waals surface area contributed by atoms with Crippen LogP contribution in [0.25, 0.3) is 0 Å². The number of rotatable bonds is 4. The molecule has 0 amide bonds. The predicted molar refractivity (Wildman–Crippen MR) is 63.6 cm³/mol. The number of hydrogen-bond donors (Lipinski definition) is 2. The number of halogens is 1. The van der Waals surface area contributed by atoms with E-state index in [4.69, 9.17) is 10.5 Å². The van der Waals surface area contributed by atoms with E-state index in [1.807, 2.05) is 24.3 Å². The Kier molecular flexibility index (Phi) is 6.32. The average Bonchev–Trinajstić information content (AvgIpc) is 2.18. The molecule has 0 saturated heterocycles. The van der Waals surface area contributed by atoms with Crippen molar-refractivity contribution in [1.82, 2.24) is 0 Å². The molecule has 2 atom stereocenters. The molecule has 0 bridgehead atoms. The van der Waals surface area contributed by atoms with Crippen LogP contribution in [0.5, 0.6) is 5.75 Å². The SMILES string of the molecule is COc1cccc(CC(N)C(C)O)c1.Cl. The summed E-state index contributed by atoms with van der Waals surface area (Å²) in [5, 5.41) is 9.25. The Morgan fingerprint density at radius 2 is 2.13 bits per heavy atom. The fourth-order valence-corrected chi connectivity index (χ4v) is 1.24. The van der Waals surface area contributed by atoms with Crippen LogP contribution in [0.1, 0.15) is 12.5 Å². The minimum atomic E-state index is -0.485. The summed E-state index contributed by atoms with van der Waals surface area (Å²) in [6, 6.07) is 7.50. The van der Waals surface area contributed by atoms with Gasteiger partial charge in [-0.15, -0.1) is 12.4 Å². The largest absolute Gasteiger partial charge is 0.497 e. The highest BCUT2D eigenvalue weighted by atomic mass is 35.5. The van der Waals surface area contributed by atoms with Gasteiger partial charge in [0, 0.05) is 6.04 Å².